The van der Waals surface area contributed by atoms with Crippen LogP contribution in [0.5, 0.6) is 0 Å². The molecule has 3 nitrogen and oxygen atoms in total. The van der Waals surface area contributed by atoms with Crippen LogP contribution in [-0.4, -0.2) is 24.2 Å². The van der Waals surface area contributed by atoms with Gasteiger partial charge in [0.1, 0.15) is 0 Å². The van der Waals surface area contributed by atoms with Gasteiger partial charge in [-0.3, -0.25) is 0 Å². The minimum Gasteiger partial charge on any atom is -0.376 e. The number of hydrogen-bond donors (Lipinski definition) is 1. The van der Waals surface area contributed by atoms with E-state index >= 15 is 0 Å². The lowest BCUT2D eigenvalue weighted by atomic mass is 10.2. The molecular weight excluding hydrogens is 232 g/mol. The van der Waals surface area contributed by atoms with Gasteiger partial charge in [0.25, 0.3) is 0 Å². The van der Waals surface area contributed by atoms with Crippen molar-refractivity contribution < 1.29 is 4.74 Å². The lowest BCUT2D eigenvalue weighted by Crippen LogP contribution is -2.18. The maximum absolute atomic E-state index is 5.59. The van der Waals surface area contributed by atoms with E-state index < -0.39 is 0 Å². The fourth-order valence-electron chi connectivity index (χ4n) is 2.17. The molecule has 2 heterocycles. The Kier molecular flexibility index (Phi) is 2.99. The van der Waals surface area contributed by atoms with Gasteiger partial charge in [-0.25, -0.2) is 4.98 Å². The van der Waals surface area contributed by atoms with Crippen molar-refractivity contribution >= 4 is 26.7 Å². The number of ether oxygens (including phenoxy) is 1. The van der Waals surface area contributed by atoms with Crippen molar-refractivity contribution in [3.05, 3.63) is 23.8 Å². The summed E-state index contributed by atoms with van der Waals surface area (Å²) in [5, 5.41) is 4.39. The predicted octanol–water partition coefficient (Wildman–Crippen LogP) is 3.20. The molecule has 1 aromatic heterocycles. The molecule has 1 saturated heterocycles. The highest BCUT2D eigenvalue weighted by atomic mass is 32.1. The minimum atomic E-state index is 0.364. The molecule has 0 spiro atoms. The van der Waals surface area contributed by atoms with E-state index in [-0.39, 0.29) is 0 Å². The van der Waals surface area contributed by atoms with Crippen molar-refractivity contribution in [1.29, 1.82) is 0 Å². The molecule has 1 aliphatic rings. The third-order valence-electron chi connectivity index (χ3n) is 3.13. The Morgan fingerprint density at radius 1 is 1.53 bits per heavy atom. The largest absolute Gasteiger partial charge is 0.376 e. The summed E-state index contributed by atoms with van der Waals surface area (Å²) in [4.78, 5) is 4.63. The first-order valence-electron chi connectivity index (χ1n) is 6.04. The molecule has 1 aromatic carbocycles. The summed E-state index contributed by atoms with van der Waals surface area (Å²) in [6.45, 7) is 3.89. The smallest absolute Gasteiger partial charge is 0.183 e. The third-order valence-corrected chi connectivity index (χ3v) is 4.10. The fourth-order valence-corrected chi connectivity index (χ4v) is 3.12. The average Bonchev–Trinajstić information content (AvgIpc) is 2.95. The number of rotatable bonds is 3. The van der Waals surface area contributed by atoms with Crippen molar-refractivity contribution in [2.75, 3.05) is 18.5 Å². The number of aryl methyl sites for hydroxylation is 1. The number of aromatic nitrogens is 1. The van der Waals surface area contributed by atoms with Gasteiger partial charge in [-0.05, 0) is 31.4 Å². The van der Waals surface area contributed by atoms with E-state index in [0.717, 1.165) is 30.2 Å². The number of hydrogen-bond acceptors (Lipinski definition) is 4. The molecule has 0 aliphatic carbocycles. The van der Waals surface area contributed by atoms with Crippen molar-refractivity contribution in [2.45, 2.75) is 25.9 Å². The number of benzene rings is 1. The van der Waals surface area contributed by atoms with Crippen molar-refractivity contribution in [3.63, 3.8) is 0 Å². The van der Waals surface area contributed by atoms with E-state index in [1.807, 2.05) is 0 Å². The zero-order valence-corrected chi connectivity index (χ0v) is 10.7. The number of nitrogens with zero attached hydrogens (tertiary/aromatic N) is 1. The lowest BCUT2D eigenvalue weighted by Gasteiger charge is -2.08. The van der Waals surface area contributed by atoms with Crippen LogP contribution in [0.25, 0.3) is 10.2 Å². The van der Waals surface area contributed by atoms with Crippen LogP contribution in [0.3, 0.4) is 0 Å². The molecule has 17 heavy (non-hydrogen) atoms. The molecule has 0 radical (unpaired) electrons. The van der Waals surface area contributed by atoms with Crippen molar-refractivity contribution in [2.24, 2.45) is 0 Å². The highest BCUT2D eigenvalue weighted by Gasteiger charge is 2.15. The van der Waals surface area contributed by atoms with Crippen LogP contribution in [0.1, 0.15) is 18.4 Å². The summed E-state index contributed by atoms with van der Waals surface area (Å²) < 4.78 is 6.84. The molecule has 0 saturated carbocycles. The zero-order chi connectivity index (χ0) is 11.7. The SMILES string of the molecule is Cc1cccc2sc(NC[C@@H]3CCCO3)nc12. The summed E-state index contributed by atoms with van der Waals surface area (Å²) >= 11 is 1.72. The summed E-state index contributed by atoms with van der Waals surface area (Å²) in [6, 6.07) is 6.31. The van der Waals surface area contributed by atoms with E-state index in [1.54, 1.807) is 11.3 Å². The molecule has 1 fully saturated rings. The Hall–Kier alpha value is -1.13. The molecule has 1 aliphatic heterocycles. The van der Waals surface area contributed by atoms with E-state index in [9.17, 15) is 0 Å². The summed E-state index contributed by atoms with van der Waals surface area (Å²) in [5.74, 6) is 0. The normalized spacial score (nSPS) is 19.9. The Morgan fingerprint density at radius 2 is 2.47 bits per heavy atom. The highest BCUT2D eigenvalue weighted by Crippen LogP contribution is 2.28. The van der Waals surface area contributed by atoms with Crippen molar-refractivity contribution in [3.8, 4) is 0 Å². The van der Waals surface area contributed by atoms with E-state index in [0.29, 0.717) is 6.10 Å². The van der Waals surface area contributed by atoms with Gasteiger partial charge >= 0.3 is 0 Å². The lowest BCUT2D eigenvalue weighted by molar-refractivity contribution is 0.120. The molecule has 0 amide bonds. The van der Waals surface area contributed by atoms with Crippen LogP contribution >= 0.6 is 11.3 Å². The van der Waals surface area contributed by atoms with Gasteiger partial charge in [-0.1, -0.05) is 23.5 Å². The first kappa shape index (κ1) is 11.0. The molecule has 2 aromatic rings. The summed E-state index contributed by atoms with van der Waals surface area (Å²) in [5.41, 5.74) is 2.36. The van der Waals surface area contributed by atoms with E-state index in [1.165, 1.54) is 16.7 Å². The van der Waals surface area contributed by atoms with Gasteiger partial charge in [0.15, 0.2) is 5.13 Å². The first-order chi connectivity index (χ1) is 8.33. The summed E-state index contributed by atoms with van der Waals surface area (Å²) in [7, 11) is 0. The maximum Gasteiger partial charge on any atom is 0.183 e. The molecule has 3 rings (SSSR count). The van der Waals surface area contributed by atoms with Crippen LogP contribution < -0.4 is 5.32 Å². The van der Waals surface area contributed by atoms with Crippen molar-refractivity contribution in [1.82, 2.24) is 4.98 Å². The van der Waals surface area contributed by atoms with E-state index in [2.05, 4.69) is 35.4 Å². The highest BCUT2D eigenvalue weighted by molar-refractivity contribution is 7.22. The maximum atomic E-state index is 5.59. The fraction of sp³-hybridized carbons (Fsp3) is 0.462. The second kappa shape index (κ2) is 4.63. The number of fused-ring (bicyclic) bond motifs is 1. The Morgan fingerprint density at radius 3 is 3.24 bits per heavy atom. The monoisotopic (exact) mass is 248 g/mol. The summed E-state index contributed by atoms with van der Waals surface area (Å²) in [6.07, 6.45) is 2.71. The van der Waals surface area contributed by atoms with Crippen LogP contribution in [-0.2, 0) is 4.74 Å². The van der Waals surface area contributed by atoms with Crippen LogP contribution in [0, 0.1) is 6.92 Å². The minimum absolute atomic E-state index is 0.364. The molecular formula is C13H16N2OS. The molecule has 90 valence electrons. The van der Waals surface area contributed by atoms with Gasteiger partial charge in [0.05, 0.1) is 16.3 Å². The molecule has 0 bridgehead atoms. The quantitative estimate of drug-likeness (QED) is 0.905. The number of anilines is 1. The average molecular weight is 248 g/mol. The Labute approximate surface area is 105 Å². The number of nitrogens with one attached hydrogen (secondary N) is 1. The van der Waals surface area contributed by atoms with Gasteiger partial charge in [0, 0.05) is 13.2 Å². The molecule has 1 N–H and O–H groups in total. The van der Waals surface area contributed by atoms with Gasteiger partial charge < -0.3 is 10.1 Å². The van der Waals surface area contributed by atoms with Gasteiger partial charge in [0.2, 0.25) is 0 Å². The van der Waals surface area contributed by atoms with Gasteiger partial charge in [-0.2, -0.15) is 0 Å². The van der Waals surface area contributed by atoms with Gasteiger partial charge in [-0.15, -0.1) is 0 Å². The van der Waals surface area contributed by atoms with Crippen LogP contribution in [0.4, 0.5) is 5.13 Å². The third kappa shape index (κ3) is 2.28. The topological polar surface area (TPSA) is 34.1 Å². The number of para-hydroxylation sites is 1. The first-order valence-corrected chi connectivity index (χ1v) is 6.86. The number of thiazole rings is 1. The molecule has 1 atom stereocenters. The zero-order valence-electron chi connectivity index (χ0n) is 9.90. The Balaban J connectivity index is 1.74. The van der Waals surface area contributed by atoms with E-state index in [4.69, 9.17) is 4.74 Å². The molecule has 0 unspecified atom stereocenters. The second-order valence-corrected chi connectivity index (χ2v) is 5.49. The second-order valence-electron chi connectivity index (χ2n) is 4.46. The Bertz CT molecular complexity index is 517. The predicted molar refractivity (Wildman–Crippen MR) is 71.8 cm³/mol. The van der Waals surface area contributed by atoms with Crippen LogP contribution in [0.15, 0.2) is 18.2 Å². The molecule has 4 heteroatoms. The van der Waals surface area contributed by atoms with Crippen LogP contribution in [0.2, 0.25) is 0 Å². The standard InChI is InChI=1S/C13H16N2OS/c1-9-4-2-6-11-12(9)15-13(17-11)14-8-10-5-3-7-16-10/h2,4,6,10H,3,5,7-8H2,1H3,(H,14,15)/t10-/m0/s1.